The third-order valence-electron chi connectivity index (χ3n) is 4.75. The van der Waals surface area contributed by atoms with Crippen molar-refractivity contribution in [2.45, 2.75) is 78.2 Å². The molecule has 2 rings (SSSR count). The molecule has 6 heteroatoms. The predicted molar refractivity (Wildman–Crippen MR) is 99.8 cm³/mol. The van der Waals surface area contributed by atoms with Gasteiger partial charge in [-0.05, 0) is 25.3 Å². The van der Waals surface area contributed by atoms with E-state index >= 15 is 0 Å². The van der Waals surface area contributed by atoms with E-state index in [1.165, 1.54) is 54.7 Å². The van der Waals surface area contributed by atoms with Gasteiger partial charge in [-0.3, -0.25) is 4.90 Å². The second-order valence-electron chi connectivity index (χ2n) is 7.32. The minimum absolute atomic E-state index is 0.389. The first-order chi connectivity index (χ1) is 11.9. The minimum atomic E-state index is -2.81. The first kappa shape index (κ1) is 20.6. The molecule has 0 saturated carbocycles. The average molecular weight is 375 g/mol. The van der Waals surface area contributed by atoms with Gasteiger partial charge in [0.15, 0.2) is 6.61 Å². The topological polar surface area (TPSA) is 25.4 Å². The van der Waals surface area contributed by atoms with Gasteiger partial charge in [0.05, 0.1) is 5.69 Å². The van der Waals surface area contributed by atoms with Crippen LogP contribution in [0.1, 0.15) is 69.9 Å². The van der Waals surface area contributed by atoms with Gasteiger partial charge in [0.1, 0.15) is 0 Å². The fraction of sp³-hybridized carbons (Fsp3) is 0.842. The number of aromatic nitrogens is 1. The Labute approximate surface area is 154 Å². The van der Waals surface area contributed by atoms with Crippen molar-refractivity contribution in [3.8, 4) is 5.19 Å². The largest absolute Gasteiger partial charge is 0.464 e. The van der Waals surface area contributed by atoms with Crippen LogP contribution in [-0.2, 0) is 13.0 Å². The number of rotatable bonds is 11. The maximum atomic E-state index is 12.9. The van der Waals surface area contributed by atoms with Gasteiger partial charge in [0.2, 0.25) is 0 Å². The van der Waals surface area contributed by atoms with Gasteiger partial charge in [0, 0.05) is 24.9 Å². The van der Waals surface area contributed by atoms with Gasteiger partial charge < -0.3 is 4.74 Å². The molecule has 1 aromatic heterocycles. The highest BCUT2D eigenvalue weighted by molar-refractivity contribution is 7.13. The molecule has 0 radical (unpaired) electrons. The summed E-state index contributed by atoms with van der Waals surface area (Å²) in [5.74, 6) is -1.99. The number of ether oxygens (including phenoxy) is 1. The van der Waals surface area contributed by atoms with Gasteiger partial charge in [-0.15, -0.1) is 0 Å². The molecule has 144 valence electrons. The maximum Gasteiger partial charge on any atom is 0.278 e. The highest BCUT2D eigenvalue weighted by atomic mass is 32.1. The first-order valence-corrected chi connectivity index (χ1v) is 10.4. The van der Waals surface area contributed by atoms with Gasteiger partial charge in [0.25, 0.3) is 11.1 Å². The lowest BCUT2D eigenvalue weighted by Crippen LogP contribution is -2.32. The molecule has 2 heterocycles. The van der Waals surface area contributed by atoms with E-state index in [1.54, 1.807) is 0 Å². The summed E-state index contributed by atoms with van der Waals surface area (Å²) in [7, 11) is 0. The van der Waals surface area contributed by atoms with Crippen LogP contribution in [0.2, 0.25) is 0 Å². The number of hydrogen-bond acceptors (Lipinski definition) is 4. The molecule has 0 aromatic carbocycles. The molecule has 0 amide bonds. The van der Waals surface area contributed by atoms with E-state index in [0.717, 1.165) is 44.6 Å². The van der Waals surface area contributed by atoms with Crippen LogP contribution in [0.15, 0.2) is 0 Å². The molecule has 25 heavy (non-hydrogen) atoms. The fourth-order valence-electron chi connectivity index (χ4n) is 3.37. The highest BCUT2D eigenvalue weighted by Gasteiger charge is 2.25. The van der Waals surface area contributed by atoms with Gasteiger partial charge in [-0.1, -0.05) is 57.3 Å². The van der Waals surface area contributed by atoms with Crippen molar-refractivity contribution in [2.24, 2.45) is 5.92 Å². The Morgan fingerprint density at radius 3 is 2.72 bits per heavy atom. The van der Waals surface area contributed by atoms with Crippen LogP contribution in [-0.4, -0.2) is 35.5 Å². The van der Waals surface area contributed by atoms with E-state index < -0.39 is 12.5 Å². The molecular weight excluding hydrogens is 342 g/mol. The van der Waals surface area contributed by atoms with Crippen molar-refractivity contribution in [1.29, 1.82) is 0 Å². The zero-order chi connectivity index (χ0) is 18.3. The Kier molecular flexibility index (Phi) is 8.07. The van der Waals surface area contributed by atoms with Crippen LogP contribution < -0.4 is 4.74 Å². The zero-order valence-electron chi connectivity index (χ0n) is 15.8. The Morgan fingerprint density at radius 1 is 1.24 bits per heavy atom. The summed E-state index contributed by atoms with van der Waals surface area (Å²) in [6.45, 7) is 7.76. The summed E-state index contributed by atoms with van der Waals surface area (Å²) in [6.07, 6.45) is 8.70. The molecule has 1 aliphatic heterocycles. The van der Waals surface area contributed by atoms with Gasteiger partial charge >= 0.3 is 0 Å². The number of fused-ring (bicyclic) bond motifs is 1. The Morgan fingerprint density at radius 2 is 2.04 bits per heavy atom. The number of unbranched alkanes of at least 4 members (excludes halogenated alkanes) is 1. The van der Waals surface area contributed by atoms with Crippen molar-refractivity contribution in [1.82, 2.24) is 9.88 Å². The summed E-state index contributed by atoms with van der Waals surface area (Å²) >= 11 is 1.43. The molecule has 1 aliphatic rings. The standard InChI is InChI=1S/C19H32F2N2OS/c1-4-6-8-15(7-5-2)9-11-23-12-10-17-16(13-23)22-18(25-17)24-14-19(3,20)21/h15H,4-14H2,1-3H3/t15-/m0/s1. The molecule has 0 fully saturated rings. The summed E-state index contributed by atoms with van der Waals surface area (Å²) < 4.78 is 31.0. The van der Waals surface area contributed by atoms with Crippen LogP contribution in [0.3, 0.4) is 0 Å². The monoisotopic (exact) mass is 374 g/mol. The van der Waals surface area contributed by atoms with E-state index in [1.807, 2.05) is 0 Å². The smallest absolute Gasteiger partial charge is 0.278 e. The zero-order valence-corrected chi connectivity index (χ0v) is 16.6. The second-order valence-corrected chi connectivity index (χ2v) is 8.37. The van der Waals surface area contributed by atoms with E-state index in [4.69, 9.17) is 4.74 Å². The number of thiazole rings is 1. The average Bonchev–Trinajstić information content (AvgIpc) is 2.97. The van der Waals surface area contributed by atoms with E-state index in [9.17, 15) is 8.78 Å². The molecule has 0 aliphatic carbocycles. The summed E-state index contributed by atoms with van der Waals surface area (Å²) in [4.78, 5) is 8.09. The Hall–Kier alpha value is -0.750. The second kappa shape index (κ2) is 9.81. The SMILES string of the molecule is CCCC[C@H](CCC)CCN1CCc2sc(OCC(C)(F)F)nc2C1. The summed E-state index contributed by atoms with van der Waals surface area (Å²) in [6, 6.07) is 0. The number of alkyl halides is 2. The van der Waals surface area contributed by atoms with Crippen LogP contribution in [0.25, 0.3) is 0 Å². The van der Waals surface area contributed by atoms with E-state index in [2.05, 4.69) is 23.7 Å². The minimum Gasteiger partial charge on any atom is -0.464 e. The molecule has 3 nitrogen and oxygen atoms in total. The molecule has 1 atom stereocenters. The van der Waals surface area contributed by atoms with Crippen LogP contribution in [0, 0.1) is 5.92 Å². The number of nitrogens with zero attached hydrogens (tertiary/aromatic N) is 2. The molecule has 0 N–H and O–H groups in total. The Balaban J connectivity index is 1.82. The molecule has 0 saturated heterocycles. The van der Waals surface area contributed by atoms with E-state index in [0.29, 0.717) is 5.19 Å². The lowest BCUT2D eigenvalue weighted by Gasteiger charge is -2.27. The van der Waals surface area contributed by atoms with Crippen molar-refractivity contribution in [3.63, 3.8) is 0 Å². The maximum absolute atomic E-state index is 12.9. The first-order valence-electron chi connectivity index (χ1n) is 9.62. The van der Waals surface area contributed by atoms with Crippen LogP contribution in [0.5, 0.6) is 5.19 Å². The van der Waals surface area contributed by atoms with Gasteiger partial charge in [-0.2, -0.15) is 0 Å². The lowest BCUT2D eigenvalue weighted by atomic mass is 9.93. The Bertz CT molecular complexity index is 516. The van der Waals surface area contributed by atoms with Crippen molar-refractivity contribution in [3.05, 3.63) is 10.6 Å². The van der Waals surface area contributed by atoms with Gasteiger partial charge in [-0.25, -0.2) is 13.8 Å². The molecule has 0 spiro atoms. The van der Waals surface area contributed by atoms with Crippen molar-refractivity contribution in [2.75, 3.05) is 19.7 Å². The molecular formula is C19H32F2N2OS. The fourth-order valence-corrected chi connectivity index (χ4v) is 4.28. The number of hydrogen-bond donors (Lipinski definition) is 0. The van der Waals surface area contributed by atoms with Crippen LogP contribution >= 0.6 is 11.3 Å². The summed E-state index contributed by atoms with van der Waals surface area (Å²) in [5.41, 5.74) is 1.02. The molecule has 1 aromatic rings. The molecule has 0 unspecified atom stereocenters. The quantitative estimate of drug-likeness (QED) is 0.509. The van der Waals surface area contributed by atoms with E-state index in [-0.39, 0.29) is 0 Å². The predicted octanol–water partition coefficient (Wildman–Crippen LogP) is 5.53. The van der Waals surface area contributed by atoms with Crippen molar-refractivity contribution >= 4 is 11.3 Å². The lowest BCUT2D eigenvalue weighted by molar-refractivity contribution is -0.0230. The molecule has 0 bridgehead atoms. The third kappa shape index (κ3) is 7.18. The number of halogens is 2. The van der Waals surface area contributed by atoms with Crippen LogP contribution in [0.4, 0.5) is 8.78 Å². The third-order valence-corrected chi connectivity index (χ3v) is 5.82. The normalized spacial score (nSPS) is 16.7. The summed E-state index contributed by atoms with van der Waals surface area (Å²) in [5, 5.41) is 0.389. The van der Waals surface area contributed by atoms with Crippen molar-refractivity contribution < 1.29 is 13.5 Å². The highest BCUT2D eigenvalue weighted by Crippen LogP contribution is 2.31.